The highest BCUT2D eigenvalue weighted by molar-refractivity contribution is 5.06. The topological polar surface area (TPSA) is 31.9 Å². The van der Waals surface area contributed by atoms with E-state index >= 15 is 0 Å². The number of aromatic amines is 1. The zero-order chi connectivity index (χ0) is 9.10. The molecule has 1 saturated heterocycles. The summed E-state index contributed by atoms with van der Waals surface area (Å²) in [6.45, 7) is 5.90. The normalized spacial score (nSPS) is 20.7. The Morgan fingerprint density at radius 3 is 2.92 bits per heavy atom. The third-order valence-corrected chi connectivity index (χ3v) is 3.00. The van der Waals surface area contributed by atoms with Crippen LogP contribution in [-0.2, 0) is 0 Å². The van der Waals surface area contributed by atoms with Crippen molar-refractivity contribution in [3.05, 3.63) is 18.0 Å². The summed E-state index contributed by atoms with van der Waals surface area (Å²) in [5.41, 5.74) is 1.32. The second kappa shape index (κ2) is 3.92. The van der Waals surface area contributed by atoms with Gasteiger partial charge in [0.25, 0.3) is 0 Å². The molecule has 1 aromatic rings. The maximum atomic E-state index is 4.00. The summed E-state index contributed by atoms with van der Waals surface area (Å²) in [5, 5.41) is 7.07. The van der Waals surface area contributed by atoms with Gasteiger partial charge in [0.15, 0.2) is 0 Å². The highest BCUT2D eigenvalue weighted by atomic mass is 15.1. The average molecular weight is 181 g/mol. The maximum absolute atomic E-state index is 4.00. The van der Waals surface area contributed by atoms with Gasteiger partial charge in [-0.2, -0.15) is 5.10 Å². The molecule has 1 fully saturated rings. The number of piperidine rings is 1. The first-order chi connectivity index (χ1) is 6.40. The van der Waals surface area contributed by atoms with Crippen molar-refractivity contribution in [2.45, 2.75) is 25.7 Å². The van der Waals surface area contributed by atoms with Crippen LogP contribution in [0.15, 0.2) is 12.3 Å². The molecular formula is C10H19N3. The molecule has 2 heterocycles. The molecule has 1 N–H and O–H groups in total. The van der Waals surface area contributed by atoms with Gasteiger partial charge in [0.2, 0.25) is 0 Å². The number of hydrogen-bond donors (Lipinski definition) is 1. The van der Waals surface area contributed by atoms with Crippen LogP contribution in [0.1, 0.15) is 32.8 Å². The highest BCUT2D eigenvalue weighted by Gasteiger charge is 2.19. The lowest BCUT2D eigenvalue weighted by molar-refractivity contribution is 0.221. The van der Waals surface area contributed by atoms with Crippen molar-refractivity contribution < 1.29 is 1.43 Å². The quantitative estimate of drug-likeness (QED) is 0.755. The summed E-state index contributed by atoms with van der Waals surface area (Å²) in [6.07, 6.45) is 4.40. The fraction of sp³-hybridized carbons (Fsp3) is 0.700. The standard InChI is InChI=1S/C10H17N3.H2/c1-2-13-7-4-9(5-8-13)10-3-6-11-12-10;/h3,6,9H,2,4-5,7-8H2,1H3,(H,11,12);1H. The van der Waals surface area contributed by atoms with E-state index < -0.39 is 0 Å². The van der Waals surface area contributed by atoms with Gasteiger partial charge in [0.05, 0.1) is 0 Å². The Balaban J connectivity index is 0.000000980. The Labute approximate surface area is 80.6 Å². The molecular weight excluding hydrogens is 162 g/mol. The molecule has 1 aliphatic rings. The molecule has 0 aromatic carbocycles. The van der Waals surface area contributed by atoms with E-state index in [9.17, 15) is 0 Å². The van der Waals surface area contributed by atoms with Crippen molar-refractivity contribution >= 4 is 0 Å². The molecule has 74 valence electrons. The van der Waals surface area contributed by atoms with Gasteiger partial charge in [-0.15, -0.1) is 0 Å². The van der Waals surface area contributed by atoms with Crippen LogP contribution in [-0.4, -0.2) is 34.7 Å². The van der Waals surface area contributed by atoms with Crippen molar-refractivity contribution in [3.63, 3.8) is 0 Å². The summed E-state index contributed by atoms with van der Waals surface area (Å²) >= 11 is 0. The zero-order valence-electron chi connectivity index (χ0n) is 8.16. The molecule has 0 spiro atoms. The van der Waals surface area contributed by atoms with Crippen LogP contribution in [0, 0.1) is 0 Å². The van der Waals surface area contributed by atoms with Gasteiger partial charge in [-0.05, 0) is 38.5 Å². The lowest BCUT2D eigenvalue weighted by atomic mass is 9.94. The van der Waals surface area contributed by atoms with Gasteiger partial charge in [0, 0.05) is 19.2 Å². The van der Waals surface area contributed by atoms with Crippen LogP contribution < -0.4 is 0 Å². The number of hydrogen-bond acceptors (Lipinski definition) is 2. The monoisotopic (exact) mass is 181 g/mol. The molecule has 3 heteroatoms. The van der Waals surface area contributed by atoms with E-state index in [4.69, 9.17) is 0 Å². The molecule has 0 atom stereocenters. The smallest absolute Gasteiger partial charge is 0.0490 e. The second-order valence-electron chi connectivity index (χ2n) is 3.72. The Morgan fingerprint density at radius 1 is 1.62 bits per heavy atom. The third-order valence-electron chi connectivity index (χ3n) is 3.00. The highest BCUT2D eigenvalue weighted by Crippen LogP contribution is 2.25. The van der Waals surface area contributed by atoms with Crippen LogP contribution in [0.5, 0.6) is 0 Å². The minimum Gasteiger partial charge on any atom is -0.304 e. The first-order valence-electron chi connectivity index (χ1n) is 5.11. The Morgan fingerprint density at radius 2 is 2.38 bits per heavy atom. The molecule has 3 nitrogen and oxygen atoms in total. The molecule has 0 aliphatic carbocycles. The summed E-state index contributed by atoms with van der Waals surface area (Å²) in [6, 6.07) is 2.10. The van der Waals surface area contributed by atoms with Gasteiger partial charge in [-0.3, -0.25) is 5.10 Å². The lowest BCUT2D eigenvalue weighted by Crippen LogP contribution is -2.32. The van der Waals surface area contributed by atoms with E-state index in [0.29, 0.717) is 5.92 Å². The predicted octanol–water partition coefficient (Wildman–Crippen LogP) is 1.85. The van der Waals surface area contributed by atoms with Crippen LogP contribution in [0.4, 0.5) is 0 Å². The molecule has 13 heavy (non-hydrogen) atoms. The summed E-state index contributed by atoms with van der Waals surface area (Å²) in [4.78, 5) is 2.51. The van der Waals surface area contributed by atoms with Gasteiger partial charge in [0.1, 0.15) is 0 Å². The molecule has 0 unspecified atom stereocenters. The minimum absolute atomic E-state index is 0. The summed E-state index contributed by atoms with van der Waals surface area (Å²) in [5.74, 6) is 0.713. The molecule has 0 radical (unpaired) electrons. The number of likely N-dealkylation sites (tertiary alicyclic amines) is 1. The van der Waals surface area contributed by atoms with Crippen molar-refractivity contribution in [1.82, 2.24) is 15.1 Å². The van der Waals surface area contributed by atoms with Crippen molar-refractivity contribution in [2.75, 3.05) is 19.6 Å². The van der Waals surface area contributed by atoms with Crippen molar-refractivity contribution in [1.29, 1.82) is 0 Å². The molecule has 2 rings (SSSR count). The Kier molecular flexibility index (Phi) is 2.64. The van der Waals surface area contributed by atoms with Crippen molar-refractivity contribution in [2.24, 2.45) is 0 Å². The van der Waals surface area contributed by atoms with E-state index in [1.54, 1.807) is 0 Å². The van der Waals surface area contributed by atoms with E-state index in [1.807, 2.05) is 6.20 Å². The lowest BCUT2D eigenvalue weighted by Gasteiger charge is -2.30. The number of aromatic nitrogens is 2. The zero-order valence-corrected chi connectivity index (χ0v) is 8.16. The molecule has 0 bridgehead atoms. The van der Waals surface area contributed by atoms with E-state index in [1.165, 1.54) is 38.2 Å². The van der Waals surface area contributed by atoms with Crippen LogP contribution in [0.2, 0.25) is 0 Å². The molecule has 1 aromatic heterocycles. The Bertz CT molecular complexity index is 240. The van der Waals surface area contributed by atoms with Gasteiger partial charge < -0.3 is 4.90 Å². The first kappa shape index (κ1) is 8.75. The summed E-state index contributed by atoms with van der Waals surface area (Å²) in [7, 11) is 0. The van der Waals surface area contributed by atoms with Crippen LogP contribution in [0.3, 0.4) is 0 Å². The number of rotatable bonds is 2. The minimum atomic E-state index is 0. The number of nitrogens with zero attached hydrogens (tertiary/aromatic N) is 2. The fourth-order valence-corrected chi connectivity index (χ4v) is 2.05. The number of nitrogens with one attached hydrogen (secondary N) is 1. The average Bonchev–Trinajstić information content (AvgIpc) is 2.71. The van der Waals surface area contributed by atoms with E-state index in [2.05, 4.69) is 28.1 Å². The van der Waals surface area contributed by atoms with Gasteiger partial charge in [-0.1, -0.05) is 6.92 Å². The number of H-pyrrole nitrogens is 1. The van der Waals surface area contributed by atoms with Crippen LogP contribution >= 0.6 is 0 Å². The van der Waals surface area contributed by atoms with Crippen molar-refractivity contribution in [3.8, 4) is 0 Å². The largest absolute Gasteiger partial charge is 0.304 e. The van der Waals surface area contributed by atoms with Crippen LogP contribution in [0.25, 0.3) is 0 Å². The third kappa shape index (κ3) is 1.91. The fourth-order valence-electron chi connectivity index (χ4n) is 2.05. The molecule has 0 amide bonds. The SMILES string of the molecule is CCN1CCC(c2ccn[nH]2)CC1.[HH]. The maximum Gasteiger partial charge on any atom is 0.0490 e. The predicted molar refractivity (Wildman–Crippen MR) is 54.8 cm³/mol. The van der Waals surface area contributed by atoms with E-state index in [0.717, 1.165) is 0 Å². The molecule has 1 aliphatic heterocycles. The van der Waals surface area contributed by atoms with Gasteiger partial charge in [-0.25, -0.2) is 0 Å². The molecule has 0 saturated carbocycles. The first-order valence-corrected chi connectivity index (χ1v) is 5.11. The van der Waals surface area contributed by atoms with Gasteiger partial charge >= 0.3 is 0 Å². The summed E-state index contributed by atoms with van der Waals surface area (Å²) < 4.78 is 0. The van der Waals surface area contributed by atoms with E-state index in [-0.39, 0.29) is 1.43 Å². The Hall–Kier alpha value is -0.830. The second-order valence-corrected chi connectivity index (χ2v) is 3.72.